The zero-order chi connectivity index (χ0) is 15.5. The Morgan fingerprint density at radius 3 is 2.77 bits per heavy atom. The van der Waals surface area contributed by atoms with Crippen molar-refractivity contribution in [2.45, 2.75) is 33.0 Å². The van der Waals surface area contributed by atoms with Gasteiger partial charge in [0.25, 0.3) is 0 Å². The number of rotatable bonds is 6. The van der Waals surface area contributed by atoms with E-state index < -0.39 is 6.10 Å². The van der Waals surface area contributed by atoms with Crippen LogP contribution in [0.3, 0.4) is 0 Å². The first-order valence-corrected chi connectivity index (χ1v) is 7.62. The number of nitrogens with one attached hydrogen (secondary N) is 1. The van der Waals surface area contributed by atoms with Gasteiger partial charge < -0.3 is 19.4 Å². The van der Waals surface area contributed by atoms with Gasteiger partial charge in [-0.15, -0.1) is 0 Å². The number of aromatic nitrogens is 1. The maximum absolute atomic E-state index is 10.3. The Hall–Kier alpha value is -2.04. The largest absolute Gasteiger partial charge is 0.468 e. The van der Waals surface area contributed by atoms with Crippen molar-refractivity contribution in [3.63, 3.8) is 0 Å². The number of furan rings is 1. The van der Waals surface area contributed by atoms with Crippen molar-refractivity contribution in [1.29, 1.82) is 0 Å². The molecular weight excluding hydrogens is 276 g/mol. The van der Waals surface area contributed by atoms with E-state index in [1.807, 2.05) is 18.2 Å². The third-order valence-corrected chi connectivity index (χ3v) is 4.20. The third kappa shape index (κ3) is 2.93. The van der Waals surface area contributed by atoms with Gasteiger partial charge in [0.05, 0.1) is 25.5 Å². The minimum atomic E-state index is -0.441. The van der Waals surface area contributed by atoms with E-state index in [1.165, 1.54) is 22.2 Å². The fraction of sp³-hybridized carbons (Fsp3) is 0.333. The fourth-order valence-corrected chi connectivity index (χ4v) is 2.89. The highest BCUT2D eigenvalue weighted by Gasteiger charge is 2.13. The predicted octanol–water partition coefficient (Wildman–Crippen LogP) is 3.00. The summed E-state index contributed by atoms with van der Waals surface area (Å²) in [4.78, 5) is 0. The van der Waals surface area contributed by atoms with Gasteiger partial charge in [-0.1, -0.05) is 18.2 Å². The average Bonchev–Trinajstić information content (AvgIpc) is 3.11. The molecule has 1 atom stereocenters. The van der Waals surface area contributed by atoms with Gasteiger partial charge in [0, 0.05) is 23.1 Å². The van der Waals surface area contributed by atoms with E-state index in [4.69, 9.17) is 4.42 Å². The van der Waals surface area contributed by atoms with Crippen LogP contribution >= 0.6 is 0 Å². The molecule has 2 aromatic heterocycles. The van der Waals surface area contributed by atoms with Crippen LogP contribution in [0.25, 0.3) is 10.9 Å². The average molecular weight is 298 g/mol. The van der Waals surface area contributed by atoms with Crippen LogP contribution in [0, 0.1) is 13.8 Å². The lowest BCUT2D eigenvalue weighted by molar-refractivity contribution is 0.151. The molecular formula is C18H22N2O2. The van der Waals surface area contributed by atoms with Gasteiger partial charge in [0.1, 0.15) is 5.76 Å². The molecule has 0 saturated heterocycles. The Labute approximate surface area is 130 Å². The second kappa shape index (κ2) is 6.38. The van der Waals surface area contributed by atoms with Gasteiger partial charge in [-0.05, 0) is 37.6 Å². The van der Waals surface area contributed by atoms with Crippen molar-refractivity contribution in [2.24, 2.45) is 0 Å². The van der Waals surface area contributed by atoms with Crippen LogP contribution in [0.5, 0.6) is 0 Å². The molecule has 116 valence electrons. The molecule has 0 aliphatic carbocycles. The van der Waals surface area contributed by atoms with Crippen LogP contribution in [0.1, 0.15) is 17.0 Å². The molecule has 0 aliphatic heterocycles. The molecule has 22 heavy (non-hydrogen) atoms. The summed E-state index contributed by atoms with van der Waals surface area (Å²) >= 11 is 0. The van der Waals surface area contributed by atoms with E-state index in [1.54, 1.807) is 6.26 Å². The first-order valence-electron chi connectivity index (χ1n) is 7.62. The van der Waals surface area contributed by atoms with Gasteiger partial charge in [0.15, 0.2) is 0 Å². The van der Waals surface area contributed by atoms with E-state index in [9.17, 15) is 5.11 Å². The zero-order valence-corrected chi connectivity index (χ0v) is 13.0. The Kier molecular flexibility index (Phi) is 4.32. The van der Waals surface area contributed by atoms with Crippen molar-refractivity contribution in [2.75, 3.05) is 6.54 Å². The van der Waals surface area contributed by atoms with Crippen molar-refractivity contribution < 1.29 is 9.52 Å². The number of benzene rings is 1. The quantitative estimate of drug-likeness (QED) is 0.735. The third-order valence-electron chi connectivity index (χ3n) is 4.20. The zero-order valence-electron chi connectivity index (χ0n) is 13.0. The fourth-order valence-electron chi connectivity index (χ4n) is 2.89. The molecule has 3 aromatic rings. The Balaban J connectivity index is 1.66. The highest BCUT2D eigenvalue weighted by Crippen LogP contribution is 2.25. The van der Waals surface area contributed by atoms with E-state index in [0.717, 1.165) is 5.76 Å². The summed E-state index contributed by atoms with van der Waals surface area (Å²) in [6, 6.07) is 12.1. The van der Waals surface area contributed by atoms with Crippen LogP contribution < -0.4 is 5.32 Å². The summed E-state index contributed by atoms with van der Waals surface area (Å²) in [7, 11) is 0. The number of aliphatic hydroxyl groups is 1. The summed E-state index contributed by atoms with van der Waals surface area (Å²) in [5.74, 6) is 0.880. The van der Waals surface area contributed by atoms with E-state index in [0.29, 0.717) is 19.6 Å². The standard InChI is InChI=1S/C18H22N2O2/c1-13-14(2)20(18-8-4-3-7-17(13)18)12-15(21)10-19-11-16-6-5-9-22-16/h3-9,15,19,21H,10-12H2,1-2H3/t15-/m1/s1. The van der Waals surface area contributed by atoms with Gasteiger partial charge in [0.2, 0.25) is 0 Å². The van der Waals surface area contributed by atoms with Crippen LogP contribution in [0.4, 0.5) is 0 Å². The summed E-state index contributed by atoms with van der Waals surface area (Å²) in [6.45, 7) is 6.00. The molecule has 4 nitrogen and oxygen atoms in total. The van der Waals surface area contributed by atoms with Crippen LogP contribution in [-0.4, -0.2) is 22.3 Å². The summed E-state index contributed by atoms with van der Waals surface area (Å²) in [5, 5.41) is 14.8. The SMILES string of the molecule is Cc1c(C)n(C[C@H](O)CNCc2ccco2)c2ccccc12. The molecule has 2 N–H and O–H groups in total. The molecule has 0 radical (unpaired) electrons. The lowest BCUT2D eigenvalue weighted by Gasteiger charge is -2.15. The Morgan fingerprint density at radius 1 is 1.18 bits per heavy atom. The van der Waals surface area contributed by atoms with Gasteiger partial charge >= 0.3 is 0 Å². The van der Waals surface area contributed by atoms with Crippen molar-refractivity contribution >= 4 is 10.9 Å². The lowest BCUT2D eigenvalue weighted by atomic mass is 10.2. The molecule has 0 amide bonds. The van der Waals surface area contributed by atoms with Crippen LogP contribution in [0.2, 0.25) is 0 Å². The number of aryl methyl sites for hydroxylation is 1. The molecule has 0 aliphatic rings. The van der Waals surface area contributed by atoms with Crippen molar-refractivity contribution in [1.82, 2.24) is 9.88 Å². The topological polar surface area (TPSA) is 50.3 Å². The maximum Gasteiger partial charge on any atom is 0.117 e. The monoisotopic (exact) mass is 298 g/mol. The van der Waals surface area contributed by atoms with Crippen molar-refractivity contribution in [3.05, 3.63) is 59.7 Å². The number of para-hydroxylation sites is 1. The lowest BCUT2D eigenvalue weighted by Crippen LogP contribution is -2.30. The van der Waals surface area contributed by atoms with Gasteiger partial charge in [-0.25, -0.2) is 0 Å². The van der Waals surface area contributed by atoms with E-state index in [2.05, 4.69) is 41.9 Å². The molecule has 0 bridgehead atoms. The first kappa shape index (κ1) is 14.9. The minimum Gasteiger partial charge on any atom is -0.468 e. The summed E-state index contributed by atoms with van der Waals surface area (Å²) in [6.07, 6.45) is 1.22. The van der Waals surface area contributed by atoms with Crippen LogP contribution in [-0.2, 0) is 13.1 Å². The normalized spacial score (nSPS) is 12.9. The highest BCUT2D eigenvalue weighted by molar-refractivity contribution is 5.85. The van der Waals surface area contributed by atoms with Crippen molar-refractivity contribution in [3.8, 4) is 0 Å². The predicted molar refractivity (Wildman–Crippen MR) is 87.8 cm³/mol. The number of hydrogen-bond donors (Lipinski definition) is 2. The second-order valence-electron chi connectivity index (χ2n) is 5.70. The molecule has 1 aromatic carbocycles. The molecule has 0 saturated carbocycles. The minimum absolute atomic E-state index is 0.441. The molecule has 4 heteroatoms. The van der Waals surface area contributed by atoms with Crippen LogP contribution in [0.15, 0.2) is 47.1 Å². The number of aliphatic hydroxyl groups excluding tert-OH is 1. The van der Waals surface area contributed by atoms with Gasteiger partial charge in [-0.3, -0.25) is 0 Å². The number of nitrogens with zero attached hydrogens (tertiary/aromatic N) is 1. The summed E-state index contributed by atoms with van der Waals surface area (Å²) < 4.78 is 7.46. The maximum atomic E-state index is 10.3. The Bertz CT molecular complexity index is 744. The van der Waals surface area contributed by atoms with E-state index in [-0.39, 0.29) is 0 Å². The molecule has 2 heterocycles. The Morgan fingerprint density at radius 2 is 2.00 bits per heavy atom. The number of hydrogen-bond acceptors (Lipinski definition) is 3. The molecule has 0 unspecified atom stereocenters. The summed E-state index contributed by atoms with van der Waals surface area (Å²) in [5.41, 5.74) is 3.68. The van der Waals surface area contributed by atoms with E-state index >= 15 is 0 Å². The first-order chi connectivity index (χ1) is 10.7. The second-order valence-corrected chi connectivity index (χ2v) is 5.70. The molecule has 3 rings (SSSR count). The molecule has 0 fully saturated rings. The highest BCUT2D eigenvalue weighted by atomic mass is 16.3. The molecule has 0 spiro atoms. The number of fused-ring (bicyclic) bond motifs is 1. The van der Waals surface area contributed by atoms with Gasteiger partial charge in [-0.2, -0.15) is 0 Å². The smallest absolute Gasteiger partial charge is 0.117 e.